The van der Waals surface area contributed by atoms with Gasteiger partial charge >= 0.3 is 0 Å². The van der Waals surface area contributed by atoms with Crippen LogP contribution in [-0.2, 0) is 0 Å². The van der Waals surface area contributed by atoms with E-state index in [1.165, 1.54) is 0 Å². The number of anilines is 2. The lowest BCUT2D eigenvalue weighted by Crippen LogP contribution is -2.31. The number of hydrogen-bond donors (Lipinski definition) is 2. The van der Waals surface area contributed by atoms with Crippen LogP contribution in [0.2, 0.25) is 0 Å². The summed E-state index contributed by atoms with van der Waals surface area (Å²) < 4.78 is 0. The van der Waals surface area contributed by atoms with Crippen molar-refractivity contribution in [1.29, 1.82) is 0 Å². The van der Waals surface area contributed by atoms with E-state index in [4.69, 9.17) is 11.5 Å². The molecule has 18 heavy (non-hydrogen) atoms. The fourth-order valence-corrected chi connectivity index (χ4v) is 2.38. The van der Waals surface area contributed by atoms with Crippen molar-refractivity contribution in [3.05, 3.63) is 23.8 Å². The first kappa shape index (κ1) is 12.7. The van der Waals surface area contributed by atoms with E-state index in [2.05, 4.69) is 23.9 Å². The van der Waals surface area contributed by atoms with Gasteiger partial charge in [-0.1, -0.05) is 0 Å². The number of rotatable bonds is 3. The van der Waals surface area contributed by atoms with Crippen LogP contribution in [0.25, 0.3) is 0 Å². The lowest BCUT2D eigenvalue weighted by atomic mass is 10.1. The first-order valence-electron chi connectivity index (χ1n) is 6.09. The van der Waals surface area contributed by atoms with E-state index in [1.807, 2.05) is 6.07 Å². The van der Waals surface area contributed by atoms with Crippen LogP contribution in [0.4, 0.5) is 11.4 Å². The lowest BCUT2D eigenvalue weighted by molar-refractivity contribution is 0.100. The standard InChI is InChI=1S/C13H20N4O/c1-16(2)10-5-6-17(8-10)12-4-3-9(13(15)18)7-11(12)14/h3-4,7,10H,5-6,8,14H2,1-2H3,(H2,15,18). The average molecular weight is 248 g/mol. The second-order valence-corrected chi connectivity index (χ2v) is 4.99. The number of carbonyl (C=O) groups excluding carboxylic acids is 1. The van der Waals surface area contributed by atoms with Crippen molar-refractivity contribution < 1.29 is 4.79 Å². The van der Waals surface area contributed by atoms with Gasteiger partial charge in [0.15, 0.2) is 0 Å². The normalized spacial score (nSPS) is 19.5. The van der Waals surface area contributed by atoms with E-state index in [0.717, 1.165) is 25.2 Å². The number of benzene rings is 1. The number of nitrogen functional groups attached to an aromatic ring is 1. The molecule has 1 fully saturated rings. The molecule has 0 spiro atoms. The summed E-state index contributed by atoms with van der Waals surface area (Å²) in [6, 6.07) is 5.82. The molecule has 1 heterocycles. The molecule has 2 rings (SSSR count). The summed E-state index contributed by atoms with van der Waals surface area (Å²) in [4.78, 5) is 15.6. The zero-order valence-corrected chi connectivity index (χ0v) is 10.9. The van der Waals surface area contributed by atoms with E-state index >= 15 is 0 Å². The molecule has 0 bridgehead atoms. The minimum Gasteiger partial charge on any atom is -0.397 e. The highest BCUT2D eigenvalue weighted by molar-refractivity contribution is 5.94. The van der Waals surface area contributed by atoms with Crippen molar-refractivity contribution in [3.63, 3.8) is 0 Å². The monoisotopic (exact) mass is 248 g/mol. The number of hydrogen-bond acceptors (Lipinski definition) is 4. The molecule has 0 saturated carbocycles. The molecule has 1 aromatic rings. The second kappa shape index (κ2) is 4.86. The lowest BCUT2D eigenvalue weighted by Gasteiger charge is -2.23. The minimum absolute atomic E-state index is 0.444. The largest absolute Gasteiger partial charge is 0.397 e. The van der Waals surface area contributed by atoms with E-state index in [9.17, 15) is 4.79 Å². The number of amides is 1. The summed E-state index contributed by atoms with van der Waals surface area (Å²) in [7, 11) is 4.18. The summed E-state index contributed by atoms with van der Waals surface area (Å²) in [5.74, 6) is -0.444. The Morgan fingerprint density at radius 2 is 2.17 bits per heavy atom. The molecular formula is C13H20N4O. The minimum atomic E-state index is -0.444. The van der Waals surface area contributed by atoms with Gasteiger partial charge in [-0.05, 0) is 38.7 Å². The molecule has 0 aromatic heterocycles. The fourth-order valence-electron chi connectivity index (χ4n) is 2.38. The van der Waals surface area contributed by atoms with E-state index in [0.29, 0.717) is 17.3 Å². The van der Waals surface area contributed by atoms with Crippen LogP contribution in [0, 0.1) is 0 Å². The molecule has 1 amide bonds. The van der Waals surface area contributed by atoms with Crippen LogP contribution in [0.3, 0.4) is 0 Å². The first-order chi connectivity index (χ1) is 8.49. The number of carbonyl (C=O) groups is 1. The average Bonchev–Trinajstić information content (AvgIpc) is 2.78. The van der Waals surface area contributed by atoms with Gasteiger partial charge in [-0.3, -0.25) is 4.79 Å². The van der Waals surface area contributed by atoms with E-state index in [-0.39, 0.29) is 0 Å². The summed E-state index contributed by atoms with van der Waals surface area (Å²) >= 11 is 0. The van der Waals surface area contributed by atoms with Crippen molar-refractivity contribution >= 4 is 17.3 Å². The van der Waals surface area contributed by atoms with E-state index < -0.39 is 5.91 Å². The van der Waals surface area contributed by atoms with Crippen molar-refractivity contribution in [1.82, 2.24) is 4.90 Å². The van der Waals surface area contributed by atoms with Gasteiger partial charge in [-0.15, -0.1) is 0 Å². The Morgan fingerprint density at radius 3 is 2.67 bits per heavy atom. The Kier molecular flexibility index (Phi) is 3.43. The number of primary amides is 1. The van der Waals surface area contributed by atoms with Crippen molar-refractivity contribution in [2.24, 2.45) is 5.73 Å². The maximum atomic E-state index is 11.1. The molecular weight excluding hydrogens is 228 g/mol. The van der Waals surface area contributed by atoms with Gasteiger partial charge in [0.1, 0.15) is 0 Å². The zero-order chi connectivity index (χ0) is 13.3. The smallest absolute Gasteiger partial charge is 0.248 e. The number of likely N-dealkylation sites (N-methyl/N-ethyl adjacent to an activating group) is 1. The first-order valence-corrected chi connectivity index (χ1v) is 6.09. The summed E-state index contributed by atoms with van der Waals surface area (Å²) in [6.45, 7) is 1.95. The van der Waals surface area contributed by atoms with Crippen LogP contribution in [0.15, 0.2) is 18.2 Å². The van der Waals surface area contributed by atoms with Gasteiger partial charge in [0.2, 0.25) is 5.91 Å². The SMILES string of the molecule is CN(C)C1CCN(c2ccc(C(N)=O)cc2N)C1. The second-order valence-electron chi connectivity index (χ2n) is 4.99. The third kappa shape index (κ3) is 2.41. The summed E-state index contributed by atoms with van der Waals surface area (Å²) in [5, 5.41) is 0. The zero-order valence-electron chi connectivity index (χ0n) is 10.9. The highest BCUT2D eigenvalue weighted by Gasteiger charge is 2.25. The Balaban J connectivity index is 2.18. The molecule has 1 atom stereocenters. The summed E-state index contributed by atoms with van der Waals surface area (Å²) in [5.41, 5.74) is 13.3. The van der Waals surface area contributed by atoms with Crippen molar-refractivity contribution in [2.45, 2.75) is 12.5 Å². The highest BCUT2D eigenvalue weighted by atomic mass is 16.1. The maximum Gasteiger partial charge on any atom is 0.248 e. The third-order valence-corrected chi connectivity index (χ3v) is 3.55. The molecule has 1 aliphatic heterocycles. The van der Waals surface area contributed by atoms with Crippen molar-refractivity contribution in [3.8, 4) is 0 Å². The Hall–Kier alpha value is -1.75. The molecule has 0 aliphatic carbocycles. The molecule has 5 heteroatoms. The van der Waals surface area contributed by atoms with Crippen LogP contribution in [0.5, 0.6) is 0 Å². The van der Waals surface area contributed by atoms with E-state index in [1.54, 1.807) is 12.1 Å². The van der Waals surface area contributed by atoms with Crippen LogP contribution in [0.1, 0.15) is 16.8 Å². The highest BCUT2D eigenvalue weighted by Crippen LogP contribution is 2.28. The maximum absolute atomic E-state index is 11.1. The Labute approximate surface area is 107 Å². The molecule has 5 nitrogen and oxygen atoms in total. The van der Waals surface area contributed by atoms with Gasteiger partial charge in [0, 0.05) is 24.7 Å². The van der Waals surface area contributed by atoms with Gasteiger partial charge in [0.05, 0.1) is 11.4 Å². The molecule has 4 N–H and O–H groups in total. The molecule has 1 aliphatic rings. The number of nitrogens with zero attached hydrogens (tertiary/aromatic N) is 2. The summed E-state index contributed by atoms with van der Waals surface area (Å²) in [6.07, 6.45) is 1.13. The van der Waals surface area contributed by atoms with Gasteiger partial charge in [-0.25, -0.2) is 0 Å². The molecule has 98 valence electrons. The topological polar surface area (TPSA) is 75.6 Å². The molecule has 0 radical (unpaired) electrons. The Morgan fingerprint density at radius 1 is 1.44 bits per heavy atom. The Bertz CT molecular complexity index is 458. The quantitative estimate of drug-likeness (QED) is 0.764. The van der Waals surface area contributed by atoms with Crippen LogP contribution < -0.4 is 16.4 Å². The van der Waals surface area contributed by atoms with Gasteiger partial charge in [-0.2, -0.15) is 0 Å². The predicted molar refractivity (Wildman–Crippen MR) is 73.7 cm³/mol. The van der Waals surface area contributed by atoms with Crippen LogP contribution in [-0.4, -0.2) is 44.0 Å². The van der Waals surface area contributed by atoms with Gasteiger partial charge < -0.3 is 21.3 Å². The molecule has 1 unspecified atom stereocenters. The van der Waals surface area contributed by atoms with Crippen LogP contribution >= 0.6 is 0 Å². The third-order valence-electron chi connectivity index (χ3n) is 3.55. The van der Waals surface area contributed by atoms with Gasteiger partial charge in [0.25, 0.3) is 0 Å². The van der Waals surface area contributed by atoms with Crippen molar-refractivity contribution in [2.75, 3.05) is 37.8 Å². The number of nitrogens with two attached hydrogens (primary N) is 2. The molecule has 1 saturated heterocycles. The fraction of sp³-hybridized carbons (Fsp3) is 0.462. The predicted octanol–water partition coefficient (Wildman–Crippen LogP) is 0.508. The molecule has 1 aromatic carbocycles.